The Morgan fingerprint density at radius 1 is 1.50 bits per heavy atom. The molecule has 0 saturated carbocycles. The van der Waals surface area contributed by atoms with Crippen LogP contribution < -0.4 is 0 Å². The zero-order valence-corrected chi connectivity index (χ0v) is 14.5. The van der Waals surface area contributed by atoms with Gasteiger partial charge in [-0.3, -0.25) is 4.57 Å². The van der Waals surface area contributed by atoms with Crippen molar-refractivity contribution in [1.82, 2.24) is 0 Å². The summed E-state index contributed by atoms with van der Waals surface area (Å²) >= 11 is 3.16. The molecule has 0 bridgehead atoms. The minimum absolute atomic E-state index is 0.156. The highest BCUT2D eigenvalue weighted by molar-refractivity contribution is 9.09. The lowest BCUT2D eigenvalue weighted by Gasteiger charge is -2.32. The molecule has 9 heteroatoms. The number of hydrogen-bond acceptors (Lipinski definition) is 5. The molecule has 0 amide bonds. The Labute approximate surface area is 129 Å². The molecule has 0 heterocycles. The first kappa shape index (κ1) is 20.6. The number of ether oxygens (including phenoxy) is 1. The zero-order valence-electron chi connectivity index (χ0n) is 12.0. The third kappa shape index (κ3) is 7.03. The van der Waals surface area contributed by atoms with Crippen LogP contribution in [0.1, 0.15) is 33.6 Å². The van der Waals surface area contributed by atoms with E-state index in [4.69, 9.17) is 22.2 Å². The van der Waals surface area contributed by atoms with Gasteiger partial charge < -0.3 is 24.4 Å². The first-order valence-electron chi connectivity index (χ1n) is 6.41. The molecule has 0 fully saturated rings. The molecule has 3 N–H and O–H groups in total. The lowest BCUT2D eigenvalue weighted by atomic mass is 9.96. The van der Waals surface area contributed by atoms with Crippen LogP contribution in [-0.4, -0.2) is 58.4 Å². The average Bonchev–Trinajstić information content (AvgIpc) is 2.36. The van der Waals surface area contributed by atoms with E-state index in [0.29, 0.717) is 12.8 Å². The molecule has 0 aromatic carbocycles. The predicted octanol–water partition coefficient (Wildman–Crippen LogP) is 1.35. The molecule has 0 spiro atoms. The molecule has 0 aliphatic carbocycles. The second-order valence-electron chi connectivity index (χ2n) is 4.87. The number of aliphatic hydroxyl groups excluding tert-OH is 2. The van der Waals surface area contributed by atoms with E-state index in [1.165, 1.54) is 6.92 Å². The largest absolute Gasteiger partial charge is 0.395 e. The van der Waals surface area contributed by atoms with Crippen molar-refractivity contribution >= 4 is 31.4 Å². The number of halogens is 1. The second-order valence-corrected chi connectivity index (χ2v) is 8.11. The molecule has 0 aromatic heterocycles. The lowest BCUT2D eigenvalue weighted by Crippen LogP contribution is -2.33. The summed E-state index contributed by atoms with van der Waals surface area (Å²) in [5, 5.41) is 18.1. The van der Waals surface area contributed by atoms with Crippen molar-refractivity contribution in [3.8, 4) is 0 Å². The zero-order chi connectivity index (χ0) is 16.0. The molecule has 0 aliphatic rings. The van der Waals surface area contributed by atoms with E-state index >= 15 is 0 Å². The first-order valence-corrected chi connectivity index (χ1v) is 8.97. The van der Waals surface area contributed by atoms with E-state index in [2.05, 4.69) is 15.9 Å². The molecule has 0 rings (SSSR count). The molecule has 0 aromatic rings. The van der Waals surface area contributed by atoms with Gasteiger partial charge in [0.2, 0.25) is 0 Å². The smallest absolute Gasteiger partial charge is 0.356 e. The third-order valence-electron chi connectivity index (χ3n) is 3.04. The minimum Gasteiger partial charge on any atom is -0.395 e. The number of rotatable bonds is 10. The van der Waals surface area contributed by atoms with E-state index in [0.717, 1.165) is 0 Å². The Balaban J connectivity index is 4.43. The fourth-order valence-corrected chi connectivity index (χ4v) is 2.46. The van der Waals surface area contributed by atoms with Crippen molar-refractivity contribution in [2.45, 2.75) is 55.9 Å². The molecule has 6 nitrogen and oxygen atoms in total. The highest BCUT2D eigenvalue weighted by Crippen LogP contribution is 2.51. The number of alkyl halides is 1. The summed E-state index contributed by atoms with van der Waals surface area (Å²) in [5.41, 5.74) is -0.901. The Bertz CT molecular complexity index is 332. The van der Waals surface area contributed by atoms with Crippen molar-refractivity contribution in [2.24, 2.45) is 0 Å². The Morgan fingerprint density at radius 3 is 2.45 bits per heavy atom. The van der Waals surface area contributed by atoms with Gasteiger partial charge >= 0.3 is 7.60 Å². The van der Waals surface area contributed by atoms with Gasteiger partial charge in [0.15, 0.2) is 5.85 Å². The minimum atomic E-state index is -4.07. The Hall–Kier alpha value is 0.575. The molecule has 5 atom stereocenters. The van der Waals surface area contributed by atoms with Gasteiger partial charge in [0.1, 0.15) is 7.85 Å². The van der Waals surface area contributed by atoms with Crippen LogP contribution in [-0.2, 0) is 13.8 Å². The summed E-state index contributed by atoms with van der Waals surface area (Å²) in [6.45, 7) is 4.73. The normalized spacial score (nSPS) is 22.6. The summed E-state index contributed by atoms with van der Waals surface area (Å²) in [6.07, 6.45) is 0.806. The number of aliphatic hydroxyl groups is 2. The molecule has 3 unspecified atom stereocenters. The van der Waals surface area contributed by atoms with Crippen molar-refractivity contribution in [3.05, 3.63) is 0 Å². The van der Waals surface area contributed by atoms with Crippen LogP contribution in [0.4, 0.5) is 0 Å². The van der Waals surface area contributed by atoms with Crippen LogP contribution in [0.2, 0.25) is 0 Å². The maximum atomic E-state index is 11.7. The summed E-state index contributed by atoms with van der Waals surface area (Å²) in [7, 11) is 1.59. The van der Waals surface area contributed by atoms with Gasteiger partial charge in [-0.05, 0) is 26.7 Å². The molecule has 20 heavy (non-hydrogen) atoms. The standard InChI is InChI=1S/C11H23BBrO6P/c1-4-11(3,19-20(16,17)8(2)15)5-6-18-10(12)9(13)7-14/h8-10,14-15H,4-7H2,1-3H3,(H,16,17)/t8?,9-,10-,11?/m1/s1. The molecule has 0 aliphatic heterocycles. The van der Waals surface area contributed by atoms with Gasteiger partial charge in [0.05, 0.1) is 17.0 Å². The fraction of sp³-hybridized carbons (Fsp3) is 1.00. The highest BCUT2D eigenvalue weighted by atomic mass is 79.9. The van der Waals surface area contributed by atoms with Gasteiger partial charge in [-0.15, -0.1) is 0 Å². The van der Waals surface area contributed by atoms with E-state index in [9.17, 15) is 14.6 Å². The van der Waals surface area contributed by atoms with Crippen LogP contribution in [0.5, 0.6) is 0 Å². The molecule has 118 valence electrons. The van der Waals surface area contributed by atoms with Gasteiger partial charge in [0, 0.05) is 12.6 Å². The molecule has 2 radical (unpaired) electrons. The summed E-state index contributed by atoms with van der Waals surface area (Å²) in [4.78, 5) is 9.19. The number of hydrogen-bond donors (Lipinski definition) is 3. The van der Waals surface area contributed by atoms with Crippen molar-refractivity contribution in [3.63, 3.8) is 0 Å². The fourth-order valence-electron chi connectivity index (χ4n) is 1.30. The third-order valence-corrected chi connectivity index (χ3v) is 5.50. The van der Waals surface area contributed by atoms with Crippen molar-refractivity contribution in [1.29, 1.82) is 0 Å². The van der Waals surface area contributed by atoms with E-state index in [1.54, 1.807) is 6.92 Å². The van der Waals surface area contributed by atoms with Crippen LogP contribution >= 0.6 is 23.5 Å². The van der Waals surface area contributed by atoms with Crippen LogP contribution in [0.3, 0.4) is 0 Å². The predicted molar refractivity (Wildman–Crippen MR) is 81.2 cm³/mol. The van der Waals surface area contributed by atoms with Crippen molar-refractivity contribution in [2.75, 3.05) is 13.2 Å². The molecule has 0 saturated heterocycles. The van der Waals surface area contributed by atoms with Gasteiger partial charge in [-0.2, -0.15) is 0 Å². The summed E-state index contributed by atoms with van der Waals surface area (Å²) in [6, 6.07) is -0.682. The maximum absolute atomic E-state index is 11.7. The second kappa shape index (κ2) is 8.88. The lowest BCUT2D eigenvalue weighted by molar-refractivity contribution is 0.00722. The molecular weight excluding hydrogens is 350 g/mol. The topological polar surface area (TPSA) is 96.2 Å². The Kier molecular flexibility index (Phi) is 9.14. The SMILES string of the molecule is [B][C@H](OCCC(C)(CC)OP(=O)(O)C(C)O)[C@H](Br)CO. The monoisotopic (exact) mass is 372 g/mol. The van der Waals surface area contributed by atoms with Crippen LogP contribution in [0, 0.1) is 0 Å². The van der Waals surface area contributed by atoms with Gasteiger partial charge in [-0.1, -0.05) is 22.9 Å². The first-order chi connectivity index (χ1) is 9.08. The maximum Gasteiger partial charge on any atom is 0.356 e. The van der Waals surface area contributed by atoms with Crippen LogP contribution in [0.25, 0.3) is 0 Å². The summed E-state index contributed by atoms with van der Waals surface area (Å²) < 4.78 is 22.2. The summed E-state index contributed by atoms with van der Waals surface area (Å²) in [5.74, 6) is -1.45. The van der Waals surface area contributed by atoms with E-state index < -0.39 is 25.0 Å². The van der Waals surface area contributed by atoms with E-state index in [-0.39, 0.29) is 18.0 Å². The van der Waals surface area contributed by atoms with E-state index in [1.807, 2.05) is 6.92 Å². The Morgan fingerprint density at radius 2 is 2.05 bits per heavy atom. The highest BCUT2D eigenvalue weighted by Gasteiger charge is 2.36. The quantitative estimate of drug-likeness (QED) is 0.304. The van der Waals surface area contributed by atoms with Crippen molar-refractivity contribution < 1.29 is 28.9 Å². The molecular formula is C11H23BBrO6P. The van der Waals surface area contributed by atoms with Gasteiger partial charge in [-0.25, -0.2) is 0 Å². The average molecular weight is 373 g/mol. The van der Waals surface area contributed by atoms with Crippen LogP contribution in [0.15, 0.2) is 0 Å². The van der Waals surface area contributed by atoms with Gasteiger partial charge in [0.25, 0.3) is 0 Å².